The standard InChI is InChI=1S/C24H34N6O3S/c1-5-24(9-12-26-13-10-24)29-18-8-11-27-22(31)20(18)21(25)28-17-6-7-19-16(14-17)15-30(23(2,3)4)34(19,32)33/h6-8,11,14,26H,5,9-10,12-13,15H2,1-4H3,(H2,25,28)(H2,27,29,31)/p+2. The van der Waals surface area contributed by atoms with Gasteiger partial charge in [-0.2, -0.15) is 4.31 Å². The average molecular weight is 489 g/mol. The summed E-state index contributed by atoms with van der Waals surface area (Å²) < 4.78 is 27.4. The zero-order valence-corrected chi connectivity index (χ0v) is 21.2. The molecular weight excluding hydrogens is 452 g/mol. The zero-order valence-electron chi connectivity index (χ0n) is 20.4. The minimum absolute atomic E-state index is 0.0735. The predicted molar refractivity (Wildman–Crippen MR) is 132 cm³/mol. The number of pyridine rings is 1. The molecule has 0 saturated carbocycles. The van der Waals surface area contributed by atoms with E-state index in [1.54, 1.807) is 24.4 Å². The molecular formula is C24H36N6O3S+2. The highest BCUT2D eigenvalue weighted by Crippen LogP contribution is 2.36. The molecule has 2 aliphatic heterocycles. The second kappa shape index (κ2) is 8.83. The van der Waals surface area contributed by atoms with Crippen LogP contribution < -0.4 is 26.9 Å². The van der Waals surface area contributed by atoms with Crippen molar-refractivity contribution in [3.63, 3.8) is 0 Å². The van der Waals surface area contributed by atoms with Gasteiger partial charge in [-0.25, -0.2) is 13.4 Å². The van der Waals surface area contributed by atoms with Gasteiger partial charge in [-0.3, -0.25) is 10.5 Å². The summed E-state index contributed by atoms with van der Waals surface area (Å²) >= 11 is 0. The minimum Gasteiger partial charge on any atom is -0.378 e. The first-order valence-corrected chi connectivity index (χ1v) is 13.3. The number of anilines is 1. The van der Waals surface area contributed by atoms with Crippen molar-refractivity contribution in [1.82, 2.24) is 9.29 Å². The molecule has 34 heavy (non-hydrogen) atoms. The highest BCUT2D eigenvalue weighted by Gasteiger charge is 2.41. The second-order valence-electron chi connectivity index (χ2n) is 10.3. The first-order valence-electron chi connectivity index (χ1n) is 11.8. The molecule has 2 aromatic rings. The van der Waals surface area contributed by atoms with Crippen LogP contribution in [0.2, 0.25) is 0 Å². The summed E-state index contributed by atoms with van der Waals surface area (Å²) in [6.45, 7) is 10.2. The Labute approximate surface area is 200 Å². The largest absolute Gasteiger partial charge is 0.378 e. The van der Waals surface area contributed by atoms with Crippen LogP contribution in [0.4, 0.5) is 11.4 Å². The quantitative estimate of drug-likeness (QED) is 0.291. The van der Waals surface area contributed by atoms with Crippen molar-refractivity contribution in [1.29, 1.82) is 0 Å². The number of hydrogen-bond donors (Lipinski definition) is 5. The fourth-order valence-corrected chi connectivity index (χ4v) is 6.90. The number of hydrogen-bond acceptors (Lipinski definition) is 4. The van der Waals surface area contributed by atoms with Gasteiger partial charge < -0.3 is 15.6 Å². The molecule has 0 radical (unpaired) electrons. The van der Waals surface area contributed by atoms with Gasteiger partial charge in [-0.1, -0.05) is 6.92 Å². The third kappa shape index (κ3) is 4.49. The number of amidine groups is 1. The summed E-state index contributed by atoms with van der Waals surface area (Å²) in [5.74, 6) is 0.214. The normalized spacial score (nSPS) is 20.2. The van der Waals surface area contributed by atoms with E-state index in [0.29, 0.717) is 33.9 Å². The molecule has 1 aromatic heterocycles. The van der Waals surface area contributed by atoms with Crippen molar-refractivity contribution in [3.05, 3.63) is 51.9 Å². The monoisotopic (exact) mass is 488 g/mol. The van der Waals surface area contributed by atoms with Gasteiger partial charge in [-0.05, 0) is 57.0 Å². The van der Waals surface area contributed by atoms with Crippen molar-refractivity contribution in [3.8, 4) is 0 Å². The molecule has 2 aliphatic rings. The number of rotatable bonds is 5. The van der Waals surface area contributed by atoms with E-state index in [1.165, 1.54) is 4.31 Å². The van der Waals surface area contributed by atoms with Crippen LogP contribution in [-0.2, 0) is 16.6 Å². The number of nitrogens with one attached hydrogen (secondary N) is 3. The van der Waals surface area contributed by atoms with Crippen LogP contribution in [0, 0.1) is 0 Å². The lowest BCUT2D eigenvalue weighted by molar-refractivity contribution is -0.664. The van der Waals surface area contributed by atoms with Crippen molar-refractivity contribution < 1.29 is 18.7 Å². The average Bonchev–Trinajstić information content (AvgIpc) is 3.04. The summed E-state index contributed by atoms with van der Waals surface area (Å²) in [6.07, 6.45) is 4.59. The molecule has 0 aliphatic carbocycles. The highest BCUT2D eigenvalue weighted by atomic mass is 32.2. The maximum atomic E-state index is 12.9. The predicted octanol–water partition coefficient (Wildman–Crippen LogP) is -0.287. The molecule has 0 amide bonds. The number of quaternary nitrogens is 1. The minimum atomic E-state index is -3.54. The van der Waals surface area contributed by atoms with Crippen molar-refractivity contribution in [2.24, 2.45) is 5.73 Å². The van der Waals surface area contributed by atoms with E-state index in [-0.39, 0.29) is 16.9 Å². The highest BCUT2D eigenvalue weighted by molar-refractivity contribution is 7.89. The summed E-state index contributed by atoms with van der Waals surface area (Å²) in [7, 11) is -3.54. The zero-order chi connectivity index (χ0) is 24.7. The Hall–Kier alpha value is -2.69. The van der Waals surface area contributed by atoms with Gasteiger partial charge in [0.25, 0.3) is 11.4 Å². The van der Waals surface area contributed by atoms with Gasteiger partial charge in [0.2, 0.25) is 10.0 Å². The smallest absolute Gasteiger partial charge is 0.285 e. The molecule has 1 saturated heterocycles. The molecule has 9 nitrogen and oxygen atoms in total. The molecule has 0 atom stereocenters. The Morgan fingerprint density at radius 1 is 1.26 bits per heavy atom. The van der Waals surface area contributed by atoms with Crippen LogP contribution >= 0.6 is 0 Å². The molecule has 1 aromatic carbocycles. The van der Waals surface area contributed by atoms with Gasteiger partial charge in [0.1, 0.15) is 5.69 Å². The molecule has 0 spiro atoms. The lowest BCUT2D eigenvalue weighted by Crippen LogP contribution is -2.88. The molecule has 0 bridgehead atoms. The number of nitrogens with zero attached hydrogens (tertiary/aromatic N) is 1. The molecule has 184 valence electrons. The summed E-state index contributed by atoms with van der Waals surface area (Å²) in [5.41, 5.74) is 7.93. The topological polar surface area (TPSA) is 139 Å². The number of benzene rings is 1. The van der Waals surface area contributed by atoms with E-state index in [1.807, 2.05) is 26.8 Å². The third-order valence-corrected chi connectivity index (χ3v) is 9.14. The molecule has 10 heteroatoms. The Morgan fingerprint density at radius 3 is 2.62 bits per heavy atom. The van der Waals surface area contributed by atoms with Gasteiger partial charge in [-0.15, -0.1) is 0 Å². The molecule has 4 rings (SSSR count). The van der Waals surface area contributed by atoms with E-state index in [9.17, 15) is 13.2 Å². The van der Waals surface area contributed by atoms with Gasteiger partial charge in [0.15, 0.2) is 5.56 Å². The number of nitrogen functional groups attached to an aromatic ring is 1. The number of aromatic amines is 1. The second-order valence-corrected chi connectivity index (χ2v) is 12.1. The van der Waals surface area contributed by atoms with E-state index in [0.717, 1.165) is 32.4 Å². The fraction of sp³-hybridized carbons (Fsp3) is 0.500. The van der Waals surface area contributed by atoms with Gasteiger partial charge in [0, 0.05) is 36.7 Å². The molecule has 7 N–H and O–H groups in total. The van der Waals surface area contributed by atoms with E-state index in [2.05, 4.69) is 27.5 Å². The lowest BCUT2D eigenvalue weighted by Gasteiger charge is -2.37. The van der Waals surface area contributed by atoms with Crippen LogP contribution in [-0.4, -0.2) is 47.7 Å². The first-order chi connectivity index (χ1) is 16.0. The van der Waals surface area contributed by atoms with Crippen LogP contribution in [0.25, 0.3) is 0 Å². The van der Waals surface area contributed by atoms with Crippen molar-refractivity contribution in [2.45, 2.75) is 69.5 Å². The van der Waals surface area contributed by atoms with Gasteiger partial charge in [0.05, 0.1) is 23.7 Å². The Bertz CT molecular complexity index is 1270. The Kier molecular flexibility index (Phi) is 6.34. The van der Waals surface area contributed by atoms with Crippen LogP contribution in [0.15, 0.2) is 40.2 Å². The Balaban J connectivity index is 1.69. The Morgan fingerprint density at radius 2 is 1.97 bits per heavy atom. The SMILES string of the molecule is CCC1(Nc2cc[nH]c(=O)c2C(N)=[NH+]c2ccc3c(c2)CN(C(C)(C)C)S3(=O)=O)CC[NH2+]CC1. The summed E-state index contributed by atoms with van der Waals surface area (Å²) in [4.78, 5) is 19.0. The van der Waals surface area contributed by atoms with Crippen LogP contribution in [0.3, 0.4) is 0 Å². The molecule has 3 heterocycles. The molecule has 0 unspecified atom stereocenters. The number of H-pyrrole nitrogens is 1. The number of aromatic nitrogens is 1. The summed E-state index contributed by atoms with van der Waals surface area (Å²) in [5, 5.41) is 5.94. The number of nitrogens with two attached hydrogens (primary N) is 2. The third-order valence-electron chi connectivity index (χ3n) is 6.93. The summed E-state index contributed by atoms with van der Waals surface area (Å²) in [6, 6.07) is 6.92. The van der Waals surface area contributed by atoms with Crippen molar-refractivity contribution >= 4 is 27.2 Å². The first kappa shape index (κ1) is 24.4. The van der Waals surface area contributed by atoms with E-state index >= 15 is 0 Å². The maximum absolute atomic E-state index is 12.9. The fourth-order valence-electron chi connectivity index (χ4n) is 4.94. The van der Waals surface area contributed by atoms with Crippen LogP contribution in [0.5, 0.6) is 0 Å². The molecule has 1 fully saturated rings. The van der Waals surface area contributed by atoms with Crippen molar-refractivity contribution in [2.75, 3.05) is 18.4 Å². The number of piperidine rings is 1. The maximum Gasteiger partial charge on any atom is 0.285 e. The number of fused-ring (bicyclic) bond motifs is 1. The van der Waals surface area contributed by atoms with Gasteiger partial charge >= 0.3 is 0 Å². The van der Waals surface area contributed by atoms with E-state index < -0.39 is 15.6 Å². The van der Waals surface area contributed by atoms with E-state index in [4.69, 9.17) is 5.73 Å². The van der Waals surface area contributed by atoms with Crippen LogP contribution in [0.1, 0.15) is 58.1 Å². The number of sulfonamides is 1. The lowest BCUT2D eigenvalue weighted by atomic mass is 9.85.